The lowest BCUT2D eigenvalue weighted by atomic mass is 10.0. The van der Waals surface area contributed by atoms with E-state index in [4.69, 9.17) is 14.2 Å². The molecule has 0 saturated carbocycles. The molecule has 414 valence electrons. The number of allylic oxidation sites excluding steroid dienone is 20. The lowest BCUT2D eigenvalue weighted by Gasteiger charge is -2.18. The van der Waals surface area contributed by atoms with E-state index in [9.17, 15) is 14.4 Å². The summed E-state index contributed by atoms with van der Waals surface area (Å²) in [7, 11) is 0. The van der Waals surface area contributed by atoms with Crippen LogP contribution >= 0.6 is 0 Å². The molecule has 6 nitrogen and oxygen atoms in total. The van der Waals surface area contributed by atoms with Gasteiger partial charge in [-0.15, -0.1) is 0 Å². The standard InChI is InChI=1S/C67H110O6/c1-4-7-10-13-16-19-22-25-28-31-33-36-39-42-45-48-51-54-57-60-66(69)72-63-64(62-71-65(68)59-56-53-50-47-44-41-38-35-30-27-24-21-18-15-12-9-6-3)73-67(70)61-58-55-52-49-46-43-40-37-34-32-29-26-23-20-17-14-11-8-5-2/h8-9,11-12,17-18,20-21,26-27,29-30,34,37-38,41,43,46-47,50,64H,4-7,10,13-16,19,22-25,28,31-33,35-36,39-40,42,44-45,48-49,51-63H2,1-3H3/b11-8-,12-9-,20-17-,21-18-,29-26-,30-27-,37-34-,41-38-,46-43-,50-47-/t64-/m1/s1. The van der Waals surface area contributed by atoms with Crippen molar-refractivity contribution < 1.29 is 28.6 Å². The minimum atomic E-state index is -0.822. The van der Waals surface area contributed by atoms with E-state index in [0.29, 0.717) is 19.3 Å². The first-order chi connectivity index (χ1) is 36.0. The molecule has 0 aromatic carbocycles. The largest absolute Gasteiger partial charge is 0.462 e. The molecule has 0 aliphatic carbocycles. The van der Waals surface area contributed by atoms with Crippen LogP contribution in [0.2, 0.25) is 0 Å². The second-order valence-electron chi connectivity index (χ2n) is 19.5. The Labute approximate surface area is 450 Å². The maximum absolute atomic E-state index is 12.9. The Kier molecular flexibility index (Phi) is 56.9. The van der Waals surface area contributed by atoms with Gasteiger partial charge in [0, 0.05) is 19.3 Å². The molecule has 0 saturated heterocycles. The van der Waals surface area contributed by atoms with Crippen molar-refractivity contribution in [2.24, 2.45) is 0 Å². The minimum Gasteiger partial charge on any atom is -0.462 e. The SMILES string of the molecule is CC/C=C\C/C=C\C/C=C\C/C=C\C/C=C\CCCCCC(=O)O[C@H](COC(=O)CCC/C=C\C/C=C\C/C=C\C/C=C\C/C=C\CC)COC(=O)CCCCCCCCCCCCCCCCCCCCC. The number of hydrogen-bond acceptors (Lipinski definition) is 6. The van der Waals surface area contributed by atoms with E-state index in [2.05, 4.69) is 142 Å². The van der Waals surface area contributed by atoms with Crippen molar-refractivity contribution in [3.8, 4) is 0 Å². The fraction of sp³-hybridized carbons (Fsp3) is 0.657. The van der Waals surface area contributed by atoms with Crippen LogP contribution in [0.5, 0.6) is 0 Å². The number of ether oxygens (including phenoxy) is 3. The average Bonchev–Trinajstić information content (AvgIpc) is 3.39. The van der Waals surface area contributed by atoms with Gasteiger partial charge in [-0.05, 0) is 103 Å². The first kappa shape index (κ1) is 68.8. The zero-order valence-electron chi connectivity index (χ0n) is 47.4. The lowest BCUT2D eigenvalue weighted by molar-refractivity contribution is -0.167. The van der Waals surface area contributed by atoms with E-state index in [1.54, 1.807) is 0 Å². The Balaban J connectivity index is 4.52. The Morgan fingerprint density at radius 2 is 0.548 bits per heavy atom. The van der Waals surface area contributed by atoms with E-state index in [1.165, 1.54) is 103 Å². The first-order valence-corrected chi connectivity index (χ1v) is 30.0. The van der Waals surface area contributed by atoms with Gasteiger partial charge in [0.15, 0.2) is 6.10 Å². The number of carbonyl (C=O) groups excluding carboxylic acids is 3. The summed E-state index contributed by atoms with van der Waals surface area (Å²) in [5.74, 6) is -1.00. The highest BCUT2D eigenvalue weighted by atomic mass is 16.6. The molecule has 0 heterocycles. The molecule has 0 aliphatic rings. The summed E-state index contributed by atoms with van der Waals surface area (Å²) < 4.78 is 16.8. The summed E-state index contributed by atoms with van der Waals surface area (Å²) in [6.07, 6.45) is 83.4. The highest BCUT2D eigenvalue weighted by Gasteiger charge is 2.19. The highest BCUT2D eigenvalue weighted by molar-refractivity contribution is 5.71. The quantitative estimate of drug-likeness (QED) is 0.0261. The van der Waals surface area contributed by atoms with Gasteiger partial charge < -0.3 is 14.2 Å². The highest BCUT2D eigenvalue weighted by Crippen LogP contribution is 2.16. The second kappa shape index (κ2) is 60.4. The number of esters is 3. The number of unbranched alkanes of at least 4 members (excludes halogenated alkanes) is 22. The van der Waals surface area contributed by atoms with Gasteiger partial charge in [-0.25, -0.2) is 0 Å². The van der Waals surface area contributed by atoms with Crippen molar-refractivity contribution in [2.45, 2.75) is 271 Å². The first-order valence-electron chi connectivity index (χ1n) is 30.0. The van der Waals surface area contributed by atoms with Crippen LogP contribution in [-0.4, -0.2) is 37.2 Å². The summed E-state index contributed by atoms with van der Waals surface area (Å²) in [5, 5.41) is 0. The van der Waals surface area contributed by atoms with Gasteiger partial charge in [-0.1, -0.05) is 264 Å². The molecular formula is C67H110O6. The predicted octanol–water partition coefficient (Wildman–Crippen LogP) is 20.4. The molecule has 0 bridgehead atoms. The lowest BCUT2D eigenvalue weighted by Crippen LogP contribution is -2.30. The number of rotatable bonds is 53. The molecule has 0 amide bonds. The summed E-state index contributed by atoms with van der Waals surface area (Å²) in [4.78, 5) is 38.2. The van der Waals surface area contributed by atoms with Gasteiger partial charge in [-0.3, -0.25) is 14.4 Å². The third kappa shape index (κ3) is 58.6. The average molecular weight is 1010 g/mol. The zero-order chi connectivity index (χ0) is 52.9. The van der Waals surface area contributed by atoms with E-state index in [1.807, 2.05) is 0 Å². The van der Waals surface area contributed by atoms with Crippen LogP contribution in [0.3, 0.4) is 0 Å². The van der Waals surface area contributed by atoms with Crippen LogP contribution in [0.15, 0.2) is 122 Å². The Hall–Kier alpha value is -4.19. The predicted molar refractivity (Wildman–Crippen MR) is 316 cm³/mol. The summed E-state index contributed by atoms with van der Waals surface area (Å²) in [6, 6.07) is 0. The van der Waals surface area contributed by atoms with Crippen LogP contribution in [0, 0.1) is 0 Å². The van der Waals surface area contributed by atoms with Gasteiger partial charge in [0.1, 0.15) is 13.2 Å². The van der Waals surface area contributed by atoms with Crippen LogP contribution in [0.1, 0.15) is 265 Å². The third-order valence-electron chi connectivity index (χ3n) is 12.5. The number of carbonyl (C=O) groups is 3. The maximum atomic E-state index is 12.9. The molecule has 1 atom stereocenters. The fourth-order valence-corrected chi connectivity index (χ4v) is 8.03. The van der Waals surface area contributed by atoms with E-state index >= 15 is 0 Å². The molecule has 0 radical (unpaired) electrons. The van der Waals surface area contributed by atoms with Gasteiger partial charge in [0.25, 0.3) is 0 Å². The van der Waals surface area contributed by atoms with Crippen LogP contribution in [-0.2, 0) is 28.6 Å². The van der Waals surface area contributed by atoms with E-state index in [0.717, 1.165) is 109 Å². The smallest absolute Gasteiger partial charge is 0.306 e. The molecule has 0 N–H and O–H groups in total. The van der Waals surface area contributed by atoms with Crippen molar-refractivity contribution in [3.63, 3.8) is 0 Å². The zero-order valence-corrected chi connectivity index (χ0v) is 47.4. The number of hydrogen-bond donors (Lipinski definition) is 0. The monoisotopic (exact) mass is 1010 g/mol. The topological polar surface area (TPSA) is 78.9 Å². The van der Waals surface area contributed by atoms with Crippen LogP contribution < -0.4 is 0 Å². The normalized spacial score (nSPS) is 13.0. The van der Waals surface area contributed by atoms with Crippen molar-refractivity contribution in [1.29, 1.82) is 0 Å². The molecule has 0 aromatic heterocycles. The molecule has 6 heteroatoms. The fourth-order valence-electron chi connectivity index (χ4n) is 8.03. The molecule has 0 aromatic rings. The van der Waals surface area contributed by atoms with E-state index in [-0.39, 0.29) is 44.0 Å². The van der Waals surface area contributed by atoms with Crippen molar-refractivity contribution in [2.75, 3.05) is 13.2 Å². The van der Waals surface area contributed by atoms with E-state index < -0.39 is 6.10 Å². The summed E-state index contributed by atoms with van der Waals surface area (Å²) >= 11 is 0. The van der Waals surface area contributed by atoms with Crippen molar-refractivity contribution in [1.82, 2.24) is 0 Å². The van der Waals surface area contributed by atoms with Crippen LogP contribution in [0.25, 0.3) is 0 Å². The second-order valence-corrected chi connectivity index (χ2v) is 19.5. The van der Waals surface area contributed by atoms with Crippen LogP contribution in [0.4, 0.5) is 0 Å². The third-order valence-corrected chi connectivity index (χ3v) is 12.5. The van der Waals surface area contributed by atoms with Gasteiger partial charge in [0.05, 0.1) is 0 Å². The molecule has 0 aliphatic heterocycles. The maximum Gasteiger partial charge on any atom is 0.306 e. The molecule has 0 fully saturated rings. The Morgan fingerprint density at radius 1 is 0.288 bits per heavy atom. The molecule has 0 spiro atoms. The Morgan fingerprint density at radius 3 is 0.890 bits per heavy atom. The summed E-state index contributed by atoms with van der Waals surface area (Å²) in [6.45, 7) is 6.35. The van der Waals surface area contributed by atoms with Gasteiger partial charge in [0.2, 0.25) is 0 Å². The molecule has 0 unspecified atom stereocenters. The van der Waals surface area contributed by atoms with Crippen molar-refractivity contribution in [3.05, 3.63) is 122 Å². The summed E-state index contributed by atoms with van der Waals surface area (Å²) in [5.41, 5.74) is 0. The molecular weight excluding hydrogens is 901 g/mol. The van der Waals surface area contributed by atoms with Gasteiger partial charge >= 0.3 is 17.9 Å². The molecule has 73 heavy (non-hydrogen) atoms. The minimum absolute atomic E-state index is 0.110. The molecule has 0 rings (SSSR count). The van der Waals surface area contributed by atoms with Gasteiger partial charge in [-0.2, -0.15) is 0 Å². The Bertz CT molecular complexity index is 1540. The van der Waals surface area contributed by atoms with Crippen molar-refractivity contribution >= 4 is 17.9 Å².